The van der Waals surface area contributed by atoms with Crippen LogP contribution >= 0.6 is 20.2 Å². The van der Waals surface area contributed by atoms with E-state index in [2.05, 4.69) is 0 Å². The summed E-state index contributed by atoms with van der Waals surface area (Å²) in [6, 6.07) is 0. The van der Waals surface area contributed by atoms with Crippen LogP contribution in [0.5, 0.6) is 0 Å². The Kier molecular flexibility index (Phi) is 10.5. The number of hydrogen-bond donors (Lipinski definition) is 2. The predicted molar refractivity (Wildman–Crippen MR) is 27.0 cm³/mol. The minimum atomic E-state index is -1.82. The van der Waals surface area contributed by atoms with Gasteiger partial charge in [-0.15, -0.1) is 0 Å². The molecule has 0 amide bonds. The molecule has 0 fully saturated rings. The molecule has 2 N–H and O–H groups in total. The molecule has 9 heavy (non-hydrogen) atoms. The van der Waals surface area contributed by atoms with Gasteiger partial charge in [0.2, 0.25) is 0 Å². The zero-order chi connectivity index (χ0) is 7.86. The molecule has 0 saturated carbocycles. The van der Waals surface area contributed by atoms with E-state index in [1.807, 2.05) is 0 Å². The molecule has 0 rings (SSSR count). The molecule has 0 spiro atoms. The van der Waals surface area contributed by atoms with Gasteiger partial charge in [0.05, 0.1) is 0 Å². The number of carboxylic acids is 2. The van der Waals surface area contributed by atoms with Gasteiger partial charge in [0.15, 0.2) is 0 Å². The minimum absolute atomic E-state index is 0.194. The number of carbonyl (C=O) groups is 2. The molecule has 0 saturated heterocycles. The van der Waals surface area contributed by atoms with Crippen molar-refractivity contribution < 1.29 is 32.9 Å². The zero-order valence-corrected chi connectivity index (χ0v) is 6.44. The van der Waals surface area contributed by atoms with E-state index in [0.717, 1.165) is 0 Å². The van der Waals surface area contributed by atoms with E-state index in [1.54, 1.807) is 0 Å². The summed E-state index contributed by atoms with van der Waals surface area (Å²) in [5.74, 6) is -3.65. The third kappa shape index (κ3) is 18.0. The second-order valence-electron chi connectivity index (χ2n) is 0.661. The maximum atomic E-state index is 9.10. The van der Waals surface area contributed by atoms with Gasteiger partial charge >= 0.3 is 45.3 Å². The van der Waals surface area contributed by atoms with Crippen LogP contribution in [0.25, 0.3) is 0 Å². The van der Waals surface area contributed by atoms with Gasteiger partial charge in [0.1, 0.15) is 0 Å². The molecular formula is C2H2Cl2FeO4. The third-order valence-electron chi connectivity index (χ3n) is 0.183. The van der Waals surface area contributed by atoms with Gasteiger partial charge in [-0.25, -0.2) is 9.59 Å². The Hall–Kier alpha value is 0.0395. The Morgan fingerprint density at radius 3 is 1.22 bits per heavy atom. The average molecular weight is 217 g/mol. The number of hydrogen-bond acceptors (Lipinski definition) is 2. The van der Waals surface area contributed by atoms with Crippen LogP contribution in [0.4, 0.5) is 0 Å². The SMILES string of the molecule is O=C(O)C(=O)O.[Cl][Fe][Cl]. The molecule has 0 bridgehead atoms. The first-order valence-electron chi connectivity index (χ1n) is 1.37. The summed E-state index contributed by atoms with van der Waals surface area (Å²) < 4.78 is 0. The summed E-state index contributed by atoms with van der Waals surface area (Å²) in [6.07, 6.45) is 0. The van der Waals surface area contributed by atoms with E-state index in [0.29, 0.717) is 0 Å². The van der Waals surface area contributed by atoms with Crippen molar-refractivity contribution in [3.63, 3.8) is 0 Å². The molecule has 7 heteroatoms. The normalized spacial score (nSPS) is 7.33. The number of aliphatic carboxylic acids is 2. The Morgan fingerprint density at radius 2 is 1.22 bits per heavy atom. The van der Waals surface area contributed by atoms with Crippen molar-refractivity contribution in [2.45, 2.75) is 0 Å². The molecule has 0 aliphatic rings. The molecule has 0 radical (unpaired) electrons. The van der Waals surface area contributed by atoms with Gasteiger partial charge in [-0.05, 0) is 0 Å². The maximum absolute atomic E-state index is 9.10. The van der Waals surface area contributed by atoms with Crippen LogP contribution in [-0.2, 0) is 22.7 Å². The summed E-state index contributed by atoms with van der Waals surface area (Å²) in [5, 5.41) is 14.8. The van der Waals surface area contributed by atoms with Gasteiger partial charge in [-0.1, -0.05) is 0 Å². The molecule has 56 valence electrons. The number of carboxylic acid groups (broad SMARTS) is 2. The third-order valence-corrected chi connectivity index (χ3v) is 0.183. The van der Waals surface area contributed by atoms with Gasteiger partial charge in [-0.3, -0.25) is 0 Å². The van der Waals surface area contributed by atoms with E-state index in [1.165, 1.54) is 0 Å². The molecule has 0 aromatic rings. The van der Waals surface area contributed by atoms with Crippen LogP contribution in [0.1, 0.15) is 0 Å². The molecule has 4 nitrogen and oxygen atoms in total. The van der Waals surface area contributed by atoms with Gasteiger partial charge in [-0.2, -0.15) is 0 Å². The van der Waals surface area contributed by atoms with E-state index in [9.17, 15) is 0 Å². The second kappa shape index (κ2) is 8.04. The molecule has 0 aromatic carbocycles. The Balaban J connectivity index is 0. The Morgan fingerprint density at radius 1 is 1.11 bits per heavy atom. The zero-order valence-electron chi connectivity index (χ0n) is 3.82. The summed E-state index contributed by atoms with van der Waals surface area (Å²) in [7, 11) is 9.53. The van der Waals surface area contributed by atoms with Gasteiger partial charge < -0.3 is 10.2 Å². The van der Waals surface area contributed by atoms with Crippen LogP contribution in [0, 0.1) is 0 Å². The van der Waals surface area contributed by atoms with E-state index >= 15 is 0 Å². The standard InChI is InChI=1S/C2H2O4.2ClH.Fe/c3-1(4)2(5)6;;;/h(H,3,4)(H,5,6);2*1H;/q;;;+2/p-2. The Labute approximate surface area is 65.4 Å². The molecule has 0 atom stereocenters. The van der Waals surface area contributed by atoms with Crippen LogP contribution < -0.4 is 0 Å². The molecule has 0 heterocycles. The first-order chi connectivity index (χ1) is 4.06. The molecule has 0 aliphatic heterocycles. The molecule has 0 aliphatic carbocycles. The first kappa shape index (κ1) is 11.8. The Bertz CT molecular complexity index is 92.7. The monoisotopic (exact) mass is 216 g/mol. The van der Waals surface area contributed by atoms with Gasteiger partial charge in [0, 0.05) is 0 Å². The van der Waals surface area contributed by atoms with Crippen molar-refractivity contribution in [3.8, 4) is 0 Å². The van der Waals surface area contributed by atoms with E-state index in [4.69, 9.17) is 40.0 Å². The summed E-state index contributed by atoms with van der Waals surface area (Å²) >= 11 is 0.194. The first-order valence-corrected chi connectivity index (χ1v) is 4.41. The molecular weight excluding hydrogens is 215 g/mol. The van der Waals surface area contributed by atoms with E-state index < -0.39 is 11.9 Å². The van der Waals surface area contributed by atoms with Crippen LogP contribution in [0.15, 0.2) is 0 Å². The van der Waals surface area contributed by atoms with Crippen LogP contribution in [0.3, 0.4) is 0 Å². The quantitative estimate of drug-likeness (QED) is 0.458. The fourth-order valence-electron chi connectivity index (χ4n) is 0. The predicted octanol–water partition coefficient (Wildman–Crippen LogP) is 0.532. The van der Waals surface area contributed by atoms with Crippen LogP contribution in [-0.4, -0.2) is 22.2 Å². The van der Waals surface area contributed by atoms with Crippen molar-refractivity contribution in [1.82, 2.24) is 0 Å². The van der Waals surface area contributed by atoms with Crippen LogP contribution in [0.2, 0.25) is 0 Å². The fourth-order valence-corrected chi connectivity index (χ4v) is 0. The summed E-state index contributed by atoms with van der Waals surface area (Å²) in [6.45, 7) is 0. The topological polar surface area (TPSA) is 74.6 Å². The number of rotatable bonds is 0. The van der Waals surface area contributed by atoms with Crippen molar-refractivity contribution in [1.29, 1.82) is 0 Å². The second-order valence-corrected chi connectivity index (χ2v) is 2.48. The van der Waals surface area contributed by atoms with Gasteiger partial charge in [0.25, 0.3) is 0 Å². The summed E-state index contributed by atoms with van der Waals surface area (Å²) in [4.78, 5) is 18.2. The average Bonchev–Trinajstić information content (AvgIpc) is 1.68. The molecule has 0 unspecified atom stereocenters. The van der Waals surface area contributed by atoms with Crippen molar-refractivity contribution in [2.24, 2.45) is 0 Å². The number of halogens is 2. The van der Waals surface area contributed by atoms with Crippen molar-refractivity contribution in [3.05, 3.63) is 0 Å². The van der Waals surface area contributed by atoms with Crippen molar-refractivity contribution >= 4 is 32.1 Å². The molecule has 0 aromatic heterocycles. The van der Waals surface area contributed by atoms with Crippen molar-refractivity contribution in [2.75, 3.05) is 0 Å². The van der Waals surface area contributed by atoms with E-state index in [-0.39, 0.29) is 13.1 Å². The summed E-state index contributed by atoms with van der Waals surface area (Å²) in [5.41, 5.74) is 0. The fraction of sp³-hybridized carbons (Fsp3) is 0.